The zero-order valence-corrected chi connectivity index (χ0v) is 14.1. The Balaban J connectivity index is 1.74. The standard InChI is InChI=1S/C16H26N4O3/c1-16(2,3)23-15(22)17-8-7-14(21)20-10-4-5-12(11-20)13-6-9-18-19-13/h6,9,12H,4-5,7-8,10-11H2,1-3H3,(H,17,22)(H,18,19). The number of aromatic amines is 1. The smallest absolute Gasteiger partial charge is 0.407 e. The van der Waals surface area contributed by atoms with E-state index in [1.54, 1.807) is 27.0 Å². The molecule has 0 aromatic carbocycles. The second-order valence-electron chi connectivity index (χ2n) is 6.87. The number of H-pyrrole nitrogens is 1. The number of ether oxygens (including phenoxy) is 1. The number of carbonyl (C=O) groups is 2. The molecule has 0 radical (unpaired) electrons. The third-order valence-electron chi connectivity index (χ3n) is 3.74. The molecule has 2 heterocycles. The van der Waals surface area contributed by atoms with E-state index in [1.807, 2.05) is 11.0 Å². The highest BCUT2D eigenvalue weighted by Crippen LogP contribution is 2.25. The molecular formula is C16H26N4O3. The first-order valence-electron chi connectivity index (χ1n) is 8.09. The van der Waals surface area contributed by atoms with Crippen LogP contribution < -0.4 is 5.32 Å². The molecule has 0 aliphatic carbocycles. The number of amides is 2. The average Bonchev–Trinajstić information content (AvgIpc) is 2.99. The van der Waals surface area contributed by atoms with Crippen molar-refractivity contribution in [2.45, 2.75) is 51.6 Å². The van der Waals surface area contributed by atoms with Gasteiger partial charge in [-0.1, -0.05) is 0 Å². The van der Waals surface area contributed by atoms with Crippen LogP contribution in [-0.2, 0) is 9.53 Å². The highest BCUT2D eigenvalue weighted by atomic mass is 16.6. The SMILES string of the molecule is CC(C)(C)OC(=O)NCCC(=O)N1CCCC(c2ccn[nH]2)C1. The van der Waals surface area contributed by atoms with Gasteiger partial charge in [-0.15, -0.1) is 0 Å². The number of alkyl carbamates (subject to hydrolysis) is 1. The number of hydrogen-bond acceptors (Lipinski definition) is 4. The molecule has 1 aliphatic heterocycles. The van der Waals surface area contributed by atoms with E-state index in [1.165, 1.54) is 0 Å². The third-order valence-corrected chi connectivity index (χ3v) is 3.74. The molecule has 128 valence electrons. The van der Waals surface area contributed by atoms with Crippen molar-refractivity contribution in [3.8, 4) is 0 Å². The van der Waals surface area contributed by atoms with Gasteiger partial charge in [-0.05, 0) is 39.7 Å². The molecule has 2 rings (SSSR count). The topological polar surface area (TPSA) is 87.3 Å². The van der Waals surface area contributed by atoms with Crippen molar-refractivity contribution in [2.75, 3.05) is 19.6 Å². The zero-order valence-electron chi connectivity index (χ0n) is 14.1. The first-order valence-corrected chi connectivity index (χ1v) is 8.09. The fourth-order valence-corrected chi connectivity index (χ4v) is 2.70. The summed E-state index contributed by atoms with van der Waals surface area (Å²) in [6.07, 6.45) is 3.58. The number of carbonyl (C=O) groups excluding carboxylic acids is 2. The summed E-state index contributed by atoms with van der Waals surface area (Å²) in [7, 11) is 0. The van der Waals surface area contributed by atoms with Crippen LogP contribution in [0.1, 0.15) is 51.6 Å². The van der Waals surface area contributed by atoms with Gasteiger partial charge in [-0.3, -0.25) is 9.89 Å². The Morgan fingerprint density at radius 1 is 1.48 bits per heavy atom. The quantitative estimate of drug-likeness (QED) is 0.888. The van der Waals surface area contributed by atoms with Crippen molar-refractivity contribution in [3.05, 3.63) is 18.0 Å². The molecule has 1 saturated heterocycles. The van der Waals surface area contributed by atoms with Crippen molar-refractivity contribution < 1.29 is 14.3 Å². The first-order chi connectivity index (χ1) is 10.8. The summed E-state index contributed by atoms with van der Waals surface area (Å²) in [4.78, 5) is 25.7. The lowest BCUT2D eigenvalue weighted by Crippen LogP contribution is -2.41. The van der Waals surface area contributed by atoms with Crippen LogP contribution in [0.5, 0.6) is 0 Å². The number of nitrogens with zero attached hydrogens (tertiary/aromatic N) is 2. The second-order valence-corrected chi connectivity index (χ2v) is 6.87. The number of likely N-dealkylation sites (tertiary alicyclic amines) is 1. The molecule has 7 nitrogen and oxygen atoms in total. The van der Waals surface area contributed by atoms with Gasteiger partial charge in [0.25, 0.3) is 0 Å². The number of rotatable bonds is 4. The minimum atomic E-state index is -0.530. The van der Waals surface area contributed by atoms with Crippen molar-refractivity contribution >= 4 is 12.0 Å². The average molecular weight is 322 g/mol. The molecule has 0 spiro atoms. The maximum absolute atomic E-state index is 12.3. The predicted molar refractivity (Wildman–Crippen MR) is 86.0 cm³/mol. The molecule has 1 aliphatic rings. The van der Waals surface area contributed by atoms with E-state index < -0.39 is 11.7 Å². The van der Waals surface area contributed by atoms with Gasteiger partial charge in [0.2, 0.25) is 5.91 Å². The summed E-state index contributed by atoms with van der Waals surface area (Å²) < 4.78 is 5.14. The maximum Gasteiger partial charge on any atom is 0.407 e. The Bertz CT molecular complexity index is 522. The highest BCUT2D eigenvalue weighted by Gasteiger charge is 2.25. The first kappa shape index (κ1) is 17.3. The molecule has 2 N–H and O–H groups in total. The van der Waals surface area contributed by atoms with Crippen LogP contribution in [-0.4, -0.2) is 52.3 Å². The van der Waals surface area contributed by atoms with Gasteiger partial charge >= 0.3 is 6.09 Å². The zero-order chi connectivity index (χ0) is 16.9. The van der Waals surface area contributed by atoms with Crippen LogP contribution in [0.25, 0.3) is 0 Å². The van der Waals surface area contributed by atoms with Gasteiger partial charge in [-0.25, -0.2) is 4.79 Å². The van der Waals surface area contributed by atoms with Crippen molar-refractivity contribution in [3.63, 3.8) is 0 Å². The number of piperidine rings is 1. The second kappa shape index (κ2) is 7.48. The molecule has 0 bridgehead atoms. The molecule has 7 heteroatoms. The molecule has 1 unspecified atom stereocenters. The van der Waals surface area contributed by atoms with Crippen LogP contribution in [0.4, 0.5) is 4.79 Å². The van der Waals surface area contributed by atoms with E-state index >= 15 is 0 Å². The summed E-state index contributed by atoms with van der Waals surface area (Å²) in [5.41, 5.74) is 0.549. The predicted octanol–water partition coefficient (Wildman–Crippen LogP) is 2.03. The Morgan fingerprint density at radius 3 is 2.91 bits per heavy atom. The summed E-state index contributed by atoms with van der Waals surface area (Å²) >= 11 is 0. The van der Waals surface area contributed by atoms with Gasteiger partial charge < -0.3 is 15.0 Å². The van der Waals surface area contributed by atoms with Crippen LogP contribution in [0.15, 0.2) is 12.3 Å². The van der Waals surface area contributed by atoms with Gasteiger partial charge in [0.05, 0.1) is 0 Å². The van der Waals surface area contributed by atoms with Crippen LogP contribution in [0.2, 0.25) is 0 Å². The minimum Gasteiger partial charge on any atom is -0.444 e. The third kappa shape index (κ3) is 5.58. The molecule has 1 aromatic rings. The molecule has 0 saturated carbocycles. The van der Waals surface area contributed by atoms with E-state index in [2.05, 4.69) is 15.5 Å². The van der Waals surface area contributed by atoms with Gasteiger partial charge in [0, 0.05) is 43.9 Å². The summed E-state index contributed by atoms with van der Waals surface area (Å²) in [5.74, 6) is 0.374. The van der Waals surface area contributed by atoms with Gasteiger partial charge in [0.1, 0.15) is 5.60 Å². The largest absolute Gasteiger partial charge is 0.444 e. The number of aromatic nitrogens is 2. The van der Waals surface area contributed by atoms with E-state index in [-0.39, 0.29) is 12.3 Å². The van der Waals surface area contributed by atoms with E-state index in [4.69, 9.17) is 4.74 Å². The maximum atomic E-state index is 12.3. The highest BCUT2D eigenvalue weighted by molar-refractivity contribution is 5.77. The van der Waals surface area contributed by atoms with Crippen LogP contribution >= 0.6 is 0 Å². The minimum absolute atomic E-state index is 0.0604. The van der Waals surface area contributed by atoms with Crippen LogP contribution in [0.3, 0.4) is 0 Å². The van der Waals surface area contributed by atoms with E-state index in [0.29, 0.717) is 19.0 Å². The fraction of sp³-hybridized carbons (Fsp3) is 0.688. The summed E-state index contributed by atoms with van der Waals surface area (Å²) in [6, 6.07) is 1.96. The lowest BCUT2D eigenvalue weighted by Gasteiger charge is -2.32. The van der Waals surface area contributed by atoms with Crippen molar-refractivity contribution in [1.29, 1.82) is 0 Å². The molecular weight excluding hydrogens is 296 g/mol. The molecule has 2 amide bonds. The summed E-state index contributed by atoms with van der Waals surface area (Å²) in [5, 5.41) is 9.58. The lowest BCUT2D eigenvalue weighted by molar-refractivity contribution is -0.132. The molecule has 1 atom stereocenters. The lowest BCUT2D eigenvalue weighted by atomic mass is 9.95. The Labute approximate surface area is 136 Å². The molecule has 23 heavy (non-hydrogen) atoms. The van der Waals surface area contributed by atoms with Crippen molar-refractivity contribution in [1.82, 2.24) is 20.4 Å². The summed E-state index contributed by atoms with van der Waals surface area (Å²) in [6.45, 7) is 7.19. The molecule has 1 aromatic heterocycles. The Kier molecular flexibility index (Phi) is 5.63. The van der Waals surface area contributed by atoms with E-state index in [9.17, 15) is 9.59 Å². The van der Waals surface area contributed by atoms with Gasteiger partial charge in [0.15, 0.2) is 0 Å². The fourth-order valence-electron chi connectivity index (χ4n) is 2.70. The number of nitrogens with one attached hydrogen (secondary N) is 2. The van der Waals surface area contributed by atoms with Crippen molar-refractivity contribution in [2.24, 2.45) is 0 Å². The molecule has 1 fully saturated rings. The normalized spacial score (nSPS) is 18.6. The Hall–Kier alpha value is -2.05. The number of hydrogen-bond donors (Lipinski definition) is 2. The monoisotopic (exact) mass is 322 g/mol. The Morgan fingerprint density at radius 2 is 2.26 bits per heavy atom. The van der Waals surface area contributed by atoms with E-state index in [0.717, 1.165) is 25.1 Å². The van der Waals surface area contributed by atoms with Crippen LogP contribution in [0, 0.1) is 0 Å². The van der Waals surface area contributed by atoms with Gasteiger partial charge in [-0.2, -0.15) is 5.10 Å².